The van der Waals surface area contributed by atoms with Crippen molar-refractivity contribution in [3.05, 3.63) is 65.1 Å². The van der Waals surface area contributed by atoms with Crippen LogP contribution in [0.15, 0.2) is 42.5 Å². The number of esters is 1. The summed E-state index contributed by atoms with van der Waals surface area (Å²) in [4.78, 5) is 25.6. The molecule has 0 atom stereocenters. The van der Waals surface area contributed by atoms with Crippen LogP contribution in [-0.2, 0) is 16.0 Å². The lowest BCUT2D eigenvalue weighted by molar-refractivity contribution is -0.147. The SMILES string of the molecule is Cc1c(CC(=O)OC2CCCC2)c2cc(O)ccc2n1C(=O)c1cccc(F)c1. The fourth-order valence-corrected chi connectivity index (χ4v) is 4.08. The predicted octanol–water partition coefficient (Wildman–Crippen LogP) is 4.51. The number of fused-ring (bicyclic) bond motifs is 1. The number of phenols is 1. The van der Waals surface area contributed by atoms with E-state index in [1.807, 2.05) is 0 Å². The Morgan fingerprint density at radius 1 is 1.17 bits per heavy atom. The molecule has 5 nitrogen and oxygen atoms in total. The molecular formula is C23H22FNO4. The van der Waals surface area contributed by atoms with E-state index in [9.17, 15) is 19.1 Å². The van der Waals surface area contributed by atoms with Gasteiger partial charge in [0.1, 0.15) is 17.7 Å². The molecule has 6 heteroatoms. The Bertz CT molecular complexity index is 1100. The minimum Gasteiger partial charge on any atom is -0.508 e. The summed E-state index contributed by atoms with van der Waals surface area (Å²) in [6.07, 6.45) is 3.85. The van der Waals surface area contributed by atoms with Gasteiger partial charge in [0.05, 0.1) is 11.9 Å². The monoisotopic (exact) mass is 395 g/mol. The van der Waals surface area contributed by atoms with Crippen LogP contribution >= 0.6 is 0 Å². The van der Waals surface area contributed by atoms with Crippen LogP contribution < -0.4 is 0 Å². The number of halogens is 1. The van der Waals surface area contributed by atoms with Gasteiger partial charge in [-0.15, -0.1) is 0 Å². The predicted molar refractivity (Wildman–Crippen MR) is 107 cm³/mol. The summed E-state index contributed by atoms with van der Waals surface area (Å²) in [5.41, 5.74) is 1.96. The lowest BCUT2D eigenvalue weighted by Crippen LogP contribution is -2.17. The van der Waals surface area contributed by atoms with Crippen molar-refractivity contribution in [3.63, 3.8) is 0 Å². The van der Waals surface area contributed by atoms with Crippen molar-refractivity contribution in [2.45, 2.75) is 45.1 Å². The number of ether oxygens (including phenoxy) is 1. The standard InChI is InChI=1S/C23H22FNO4/c1-14-19(13-22(27)29-18-7-2-3-8-18)20-12-17(26)9-10-21(20)25(14)23(28)15-5-4-6-16(24)11-15/h4-6,9-12,18,26H,2-3,7-8,13H2,1H3. The Balaban J connectivity index is 1.74. The van der Waals surface area contributed by atoms with Crippen molar-refractivity contribution in [1.29, 1.82) is 0 Å². The maximum atomic E-state index is 13.6. The molecule has 3 aromatic rings. The summed E-state index contributed by atoms with van der Waals surface area (Å²) in [5.74, 6) is -1.20. The first-order chi connectivity index (χ1) is 13.9. The summed E-state index contributed by atoms with van der Waals surface area (Å²) in [7, 11) is 0. The molecular weight excluding hydrogens is 373 g/mol. The quantitative estimate of drug-likeness (QED) is 0.660. The number of aromatic nitrogens is 1. The van der Waals surface area contributed by atoms with Gasteiger partial charge in [-0.05, 0) is 74.6 Å². The van der Waals surface area contributed by atoms with E-state index in [4.69, 9.17) is 4.74 Å². The Hall–Kier alpha value is -3.15. The van der Waals surface area contributed by atoms with E-state index in [1.165, 1.54) is 34.9 Å². The van der Waals surface area contributed by atoms with Gasteiger partial charge < -0.3 is 9.84 Å². The molecule has 0 aliphatic heterocycles. The van der Waals surface area contributed by atoms with Gasteiger partial charge >= 0.3 is 5.97 Å². The van der Waals surface area contributed by atoms with E-state index in [1.54, 1.807) is 19.1 Å². The largest absolute Gasteiger partial charge is 0.508 e. The van der Waals surface area contributed by atoms with Crippen LogP contribution in [0.3, 0.4) is 0 Å². The van der Waals surface area contributed by atoms with E-state index in [0.717, 1.165) is 25.7 Å². The average molecular weight is 395 g/mol. The first-order valence-electron chi connectivity index (χ1n) is 9.76. The van der Waals surface area contributed by atoms with Crippen LogP contribution in [-0.4, -0.2) is 27.7 Å². The molecule has 1 N–H and O–H groups in total. The van der Waals surface area contributed by atoms with Crippen molar-refractivity contribution < 1.29 is 23.8 Å². The van der Waals surface area contributed by atoms with Crippen LogP contribution in [0.2, 0.25) is 0 Å². The molecule has 0 unspecified atom stereocenters. The average Bonchev–Trinajstić information content (AvgIpc) is 3.28. The van der Waals surface area contributed by atoms with E-state index in [0.29, 0.717) is 22.2 Å². The fraction of sp³-hybridized carbons (Fsp3) is 0.304. The highest BCUT2D eigenvalue weighted by molar-refractivity contribution is 6.04. The molecule has 1 aliphatic rings. The molecule has 0 amide bonds. The Labute approximate surface area is 167 Å². The van der Waals surface area contributed by atoms with Gasteiger partial charge in [-0.1, -0.05) is 6.07 Å². The highest BCUT2D eigenvalue weighted by Gasteiger charge is 2.24. The number of nitrogens with zero attached hydrogens (tertiary/aromatic N) is 1. The molecule has 4 rings (SSSR count). The summed E-state index contributed by atoms with van der Waals surface area (Å²) in [6, 6.07) is 10.1. The summed E-state index contributed by atoms with van der Waals surface area (Å²) in [5, 5.41) is 10.6. The zero-order chi connectivity index (χ0) is 20.5. The second-order valence-electron chi connectivity index (χ2n) is 7.49. The molecule has 150 valence electrons. The fourth-order valence-electron chi connectivity index (χ4n) is 4.08. The van der Waals surface area contributed by atoms with Crippen LogP contribution in [0.1, 0.15) is 47.3 Å². The highest BCUT2D eigenvalue weighted by atomic mass is 19.1. The third kappa shape index (κ3) is 3.75. The number of benzene rings is 2. The molecule has 0 spiro atoms. The third-order valence-corrected chi connectivity index (χ3v) is 5.51. The highest BCUT2D eigenvalue weighted by Crippen LogP contribution is 2.31. The van der Waals surface area contributed by atoms with Crippen LogP contribution in [0.25, 0.3) is 10.9 Å². The van der Waals surface area contributed by atoms with Gasteiger partial charge in [-0.2, -0.15) is 0 Å². The van der Waals surface area contributed by atoms with Crippen molar-refractivity contribution in [1.82, 2.24) is 4.57 Å². The smallest absolute Gasteiger partial charge is 0.310 e. The van der Waals surface area contributed by atoms with E-state index >= 15 is 0 Å². The van der Waals surface area contributed by atoms with Crippen LogP contribution in [0, 0.1) is 12.7 Å². The van der Waals surface area contributed by atoms with Gasteiger partial charge in [-0.25, -0.2) is 4.39 Å². The number of phenolic OH excluding ortho intramolecular Hbond substituents is 1. The molecule has 1 heterocycles. The number of aromatic hydroxyl groups is 1. The van der Waals surface area contributed by atoms with Gasteiger partial charge in [-0.3, -0.25) is 14.2 Å². The van der Waals surface area contributed by atoms with Crippen molar-refractivity contribution in [3.8, 4) is 5.75 Å². The minimum absolute atomic E-state index is 0.00567. The second-order valence-corrected chi connectivity index (χ2v) is 7.49. The van der Waals surface area contributed by atoms with Crippen molar-refractivity contribution in [2.24, 2.45) is 0 Å². The lowest BCUT2D eigenvalue weighted by atomic mass is 10.1. The molecule has 1 saturated carbocycles. The first kappa shape index (κ1) is 19.2. The number of hydrogen-bond donors (Lipinski definition) is 1. The summed E-state index contributed by atoms with van der Waals surface area (Å²) < 4.78 is 20.7. The van der Waals surface area contributed by atoms with E-state index in [-0.39, 0.29) is 29.8 Å². The maximum absolute atomic E-state index is 13.6. The Morgan fingerprint density at radius 2 is 1.93 bits per heavy atom. The molecule has 1 aromatic heterocycles. The molecule has 1 aliphatic carbocycles. The van der Waals surface area contributed by atoms with Crippen LogP contribution in [0.4, 0.5) is 4.39 Å². The van der Waals surface area contributed by atoms with Crippen LogP contribution in [0.5, 0.6) is 5.75 Å². The molecule has 2 aromatic carbocycles. The van der Waals surface area contributed by atoms with Gasteiger partial charge in [0, 0.05) is 16.6 Å². The number of hydrogen-bond acceptors (Lipinski definition) is 4. The zero-order valence-corrected chi connectivity index (χ0v) is 16.2. The van der Waals surface area contributed by atoms with E-state index < -0.39 is 11.7 Å². The minimum atomic E-state index is -0.497. The molecule has 0 saturated heterocycles. The maximum Gasteiger partial charge on any atom is 0.310 e. The summed E-state index contributed by atoms with van der Waals surface area (Å²) in [6.45, 7) is 1.74. The van der Waals surface area contributed by atoms with Crippen molar-refractivity contribution >= 4 is 22.8 Å². The summed E-state index contributed by atoms with van der Waals surface area (Å²) >= 11 is 0. The topological polar surface area (TPSA) is 68.5 Å². The zero-order valence-electron chi connectivity index (χ0n) is 16.2. The lowest BCUT2D eigenvalue weighted by Gasteiger charge is -2.11. The van der Waals surface area contributed by atoms with E-state index in [2.05, 4.69) is 0 Å². The molecule has 0 radical (unpaired) electrons. The third-order valence-electron chi connectivity index (χ3n) is 5.51. The first-order valence-corrected chi connectivity index (χ1v) is 9.76. The van der Waals surface area contributed by atoms with Gasteiger partial charge in [0.15, 0.2) is 0 Å². The molecule has 29 heavy (non-hydrogen) atoms. The molecule has 0 bridgehead atoms. The number of rotatable bonds is 4. The second kappa shape index (κ2) is 7.70. The Morgan fingerprint density at radius 3 is 2.66 bits per heavy atom. The number of carbonyl (C=O) groups is 2. The molecule has 1 fully saturated rings. The van der Waals surface area contributed by atoms with Gasteiger partial charge in [0.2, 0.25) is 0 Å². The normalized spacial score (nSPS) is 14.4. The number of carbonyl (C=O) groups excluding carboxylic acids is 2. The van der Waals surface area contributed by atoms with Crippen molar-refractivity contribution in [2.75, 3.05) is 0 Å². The van der Waals surface area contributed by atoms with Gasteiger partial charge in [0.25, 0.3) is 5.91 Å². The Kier molecular flexibility index (Phi) is 5.09.